The second-order valence-corrected chi connectivity index (χ2v) is 8.75. The molecule has 0 aromatic heterocycles. The minimum Gasteiger partial charge on any atom is -0.508 e. The second kappa shape index (κ2) is 8.86. The number of piperidine rings is 1. The summed E-state index contributed by atoms with van der Waals surface area (Å²) in [5.41, 5.74) is 10.4. The molecule has 1 fully saturated rings. The van der Waals surface area contributed by atoms with Gasteiger partial charge in [0.2, 0.25) is 0 Å². The van der Waals surface area contributed by atoms with Gasteiger partial charge in [-0.3, -0.25) is 4.90 Å². The quantitative estimate of drug-likeness (QED) is 0.737. The maximum atomic E-state index is 9.77. The molecule has 1 unspecified atom stereocenters. The van der Waals surface area contributed by atoms with E-state index in [-0.39, 0.29) is 12.0 Å². The van der Waals surface area contributed by atoms with Crippen molar-refractivity contribution in [2.24, 2.45) is 11.7 Å². The first-order chi connectivity index (χ1) is 14.5. The predicted octanol–water partition coefficient (Wildman–Crippen LogP) is 4.44. The van der Waals surface area contributed by atoms with E-state index in [0.29, 0.717) is 17.7 Å². The average molecular weight is 411 g/mol. The molecule has 0 bridgehead atoms. The van der Waals surface area contributed by atoms with E-state index in [9.17, 15) is 5.11 Å². The third-order valence-electron chi connectivity index (χ3n) is 6.98. The summed E-state index contributed by atoms with van der Waals surface area (Å²) < 4.78 is 11.3. The van der Waals surface area contributed by atoms with Gasteiger partial charge in [0.15, 0.2) is 11.5 Å². The van der Waals surface area contributed by atoms with Crippen LogP contribution < -0.4 is 15.2 Å². The minimum absolute atomic E-state index is 0.220. The van der Waals surface area contributed by atoms with Crippen LogP contribution in [0.15, 0.2) is 36.4 Å². The summed E-state index contributed by atoms with van der Waals surface area (Å²) in [7, 11) is 3.37. The molecule has 2 aromatic carbocycles. The molecule has 5 nitrogen and oxygen atoms in total. The molecular formula is C25H34N2O3. The van der Waals surface area contributed by atoms with E-state index >= 15 is 0 Å². The number of hydrogen-bond donors (Lipinski definition) is 2. The van der Waals surface area contributed by atoms with Gasteiger partial charge in [-0.25, -0.2) is 0 Å². The summed E-state index contributed by atoms with van der Waals surface area (Å²) in [6.45, 7) is 4.23. The van der Waals surface area contributed by atoms with Crippen molar-refractivity contribution >= 4 is 0 Å². The van der Waals surface area contributed by atoms with Gasteiger partial charge in [-0.2, -0.15) is 0 Å². The van der Waals surface area contributed by atoms with E-state index in [0.717, 1.165) is 31.0 Å². The Morgan fingerprint density at radius 3 is 2.33 bits per heavy atom. The van der Waals surface area contributed by atoms with Crippen LogP contribution in [0.3, 0.4) is 0 Å². The third-order valence-corrected chi connectivity index (χ3v) is 6.98. The number of unbranched alkanes of at least 4 members (excludes halogenated alkanes) is 1. The number of nitrogens with zero attached hydrogens (tertiary/aromatic N) is 1. The summed E-state index contributed by atoms with van der Waals surface area (Å²) in [5.74, 6) is 2.59. The van der Waals surface area contributed by atoms with Gasteiger partial charge >= 0.3 is 0 Å². The van der Waals surface area contributed by atoms with Crippen molar-refractivity contribution in [3.8, 4) is 17.2 Å². The molecule has 4 rings (SSSR count). The van der Waals surface area contributed by atoms with Gasteiger partial charge < -0.3 is 20.3 Å². The van der Waals surface area contributed by atoms with Crippen LogP contribution in [0.25, 0.3) is 0 Å². The lowest BCUT2D eigenvalue weighted by Gasteiger charge is -2.48. The standard InChI is InChI=1S/C25H34N2O3/c1-4-5-6-17-14-27-15-21(16-7-9-18(28)10-8-16)19-11-24(29-2)25(30-3)12-20(19)23(27)13-22(17)26/h7-12,17,21-23,28H,4-6,13-15,26H2,1-3H3/t17-,21?,22+,23-/m1/s1. The van der Waals surface area contributed by atoms with Crippen LogP contribution in [0.2, 0.25) is 0 Å². The first-order valence-electron chi connectivity index (χ1n) is 11.1. The number of rotatable bonds is 6. The number of fused-ring (bicyclic) bond motifs is 3. The molecule has 2 heterocycles. The Labute approximate surface area is 179 Å². The van der Waals surface area contributed by atoms with E-state index < -0.39 is 0 Å². The zero-order chi connectivity index (χ0) is 21.3. The Morgan fingerprint density at radius 2 is 1.70 bits per heavy atom. The molecule has 162 valence electrons. The normalized spacial score (nSPS) is 26.0. The Kier molecular flexibility index (Phi) is 6.21. The number of hydrogen-bond acceptors (Lipinski definition) is 5. The van der Waals surface area contributed by atoms with E-state index in [1.54, 1.807) is 26.4 Å². The van der Waals surface area contributed by atoms with Crippen LogP contribution >= 0.6 is 0 Å². The summed E-state index contributed by atoms with van der Waals surface area (Å²) >= 11 is 0. The zero-order valence-electron chi connectivity index (χ0n) is 18.3. The van der Waals surface area contributed by atoms with Gasteiger partial charge in [-0.05, 0) is 59.7 Å². The highest BCUT2D eigenvalue weighted by molar-refractivity contribution is 5.53. The molecule has 0 aliphatic carbocycles. The van der Waals surface area contributed by atoms with E-state index in [4.69, 9.17) is 15.2 Å². The lowest BCUT2D eigenvalue weighted by atomic mass is 9.75. The monoisotopic (exact) mass is 410 g/mol. The van der Waals surface area contributed by atoms with E-state index in [1.165, 1.54) is 36.0 Å². The smallest absolute Gasteiger partial charge is 0.161 e. The highest BCUT2D eigenvalue weighted by atomic mass is 16.5. The molecule has 1 saturated heterocycles. The molecule has 0 radical (unpaired) electrons. The lowest BCUT2D eigenvalue weighted by molar-refractivity contribution is 0.0728. The highest BCUT2D eigenvalue weighted by Crippen LogP contribution is 2.48. The van der Waals surface area contributed by atoms with Crippen LogP contribution in [0.5, 0.6) is 17.2 Å². The summed E-state index contributed by atoms with van der Waals surface area (Å²) in [6.07, 6.45) is 4.62. The summed E-state index contributed by atoms with van der Waals surface area (Å²) in [4.78, 5) is 2.62. The fourth-order valence-corrected chi connectivity index (χ4v) is 5.29. The van der Waals surface area contributed by atoms with E-state index in [2.05, 4.69) is 24.0 Å². The van der Waals surface area contributed by atoms with Crippen LogP contribution in [-0.4, -0.2) is 43.4 Å². The van der Waals surface area contributed by atoms with Gasteiger partial charge in [-0.15, -0.1) is 0 Å². The number of benzene rings is 2. The topological polar surface area (TPSA) is 68.0 Å². The third kappa shape index (κ3) is 3.88. The van der Waals surface area contributed by atoms with Crippen molar-refractivity contribution in [2.45, 2.75) is 50.6 Å². The molecule has 2 aliphatic heterocycles. The predicted molar refractivity (Wildman–Crippen MR) is 119 cm³/mol. The fourth-order valence-electron chi connectivity index (χ4n) is 5.29. The molecule has 4 atom stereocenters. The molecule has 5 heteroatoms. The lowest BCUT2D eigenvalue weighted by Crippen LogP contribution is -2.51. The largest absolute Gasteiger partial charge is 0.508 e. The molecular weight excluding hydrogens is 376 g/mol. The van der Waals surface area contributed by atoms with Gasteiger partial charge in [0.05, 0.1) is 14.2 Å². The molecule has 3 N–H and O–H groups in total. The first kappa shape index (κ1) is 21.0. The number of aromatic hydroxyl groups is 1. The molecule has 2 aliphatic rings. The molecule has 0 spiro atoms. The number of nitrogens with two attached hydrogens (primary N) is 1. The van der Waals surface area contributed by atoms with Crippen molar-refractivity contribution < 1.29 is 14.6 Å². The maximum absolute atomic E-state index is 9.77. The number of methoxy groups -OCH3 is 2. The molecule has 30 heavy (non-hydrogen) atoms. The summed E-state index contributed by atoms with van der Waals surface area (Å²) in [6, 6.07) is 12.4. The van der Waals surface area contributed by atoms with Crippen LogP contribution in [0.4, 0.5) is 0 Å². The number of phenolic OH excluding ortho intramolecular Hbond substituents is 1. The SMILES string of the molecule is CCCC[C@@H]1CN2CC(c3ccc(O)cc3)c3cc(OC)c(OC)cc3[C@H]2C[C@@H]1N. The van der Waals surface area contributed by atoms with Crippen LogP contribution in [-0.2, 0) is 0 Å². The van der Waals surface area contributed by atoms with Crippen molar-refractivity contribution in [2.75, 3.05) is 27.3 Å². The Bertz CT molecular complexity index is 867. The van der Waals surface area contributed by atoms with Gasteiger partial charge in [0.1, 0.15) is 5.75 Å². The van der Waals surface area contributed by atoms with Crippen molar-refractivity contribution in [3.05, 3.63) is 53.1 Å². The van der Waals surface area contributed by atoms with Gasteiger partial charge in [0, 0.05) is 31.1 Å². The highest BCUT2D eigenvalue weighted by Gasteiger charge is 2.41. The Balaban J connectivity index is 1.76. The van der Waals surface area contributed by atoms with Crippen LogP contribution in [0.1, 0.15) is 61.3 Å². The van der Waals surface area contributed by atoms with Gasteiger partial charge in [-0.1, -0.05) is 31.9 Å². The Hall–Kier alpha value is -2.24. The second-order valence-electron chi connectivity index (χ2n) is 8.75. The average Bonchev–Trinajstić information content (AvgIpc) is 2.77. The number of ether oxygens (including phenoxy) is 2. The maximum Gasteiger partial charge on any atom is 0.161 e. The molecule has 2 aromatic rings. The summed E-state index contributed by atoms with van der Waals surface area (Å²) in [5, 5.41) is 9.77. The van der Waals surface area contributed by atoms with Crippen molar-refractivity contribution in [3.63, 3.8) is 0 Å². The van der Waals surface area contributed by atoms with Crippen molar-refractivity contribution in [1.82, 2.24) is 4.90 Å². The fraction of sp³-hybridized carbons (Fsp3) is 0.520. The first-order valence-corrected chi connectivity index (χ1v) is 11.1. The van der Waals surface area contributed by atoms with Gasteiger partial charge in [0.25, 0.3) is 0 Å². The molecule has 0 saturated carbocycles. The minimum atomic E-state index is 0.220. The van der Waals surface area contributed by atoms with Crippen molar-refractivity contribution in [1.29, 1.82) is 0 Å². The number of phenols is 1. The zero-order valence-corrected chi connectivity index (χ0v) is 18.3. The Morgan fingerprint density at radius 1 is 1.03 bits per heavy atom. The van der Waals surface area contributed by atoms with Crippen LogP contribution in [0, 0.1) is 5.92 Å². The van der Waals surface area contributed by atoms with E-state index in [1.807, 2.05) is 12.1 Å². The molecule has 0 amide bonds.